The fourth-order valence-corrected chi connectivity index (χ4v) is 3.28. The number of aryl methyl sites for hydroxylation is 1. The molecule has 0 unspecified atom stereocenters. The van der Waals surface area contributed by atoms with Crippen molar-refractivity contribution >= 4 is 28.8 Å². The van der Waals surface area contributed by atoms with Crippen LogP contribution in [-0.2, 0) is 17.8 Å². The molecule has 0 radical (unpaired) electrons. The number of nitrogens with zero attached hydrogens (tertiary/aromatic N) is 3. The van der Waals surface area contributed by atoms with E-state index in [1.165, 1.54) is 11.3 Å². The quantitative estimate of drug-likeness (QED) is 0.873. The van der Waals surface area contributed by atoms with Gasteiger partial charge in [-0.1, -0.05) is 0 Å². The van der Waals surface area contributed by atoms with Crippen LogP contribution in [-0.4, -0.2) is 35.8 Å². The van der Waals surface area contributed by atoms with Crippen LogP contribution in [0.25, 0.3) is 0 Å². The van der Waals surface area contributed by atoms with E-state index < -0.39 is 0 Å². The van der Waals surface area contributed by atoms with E-state index in [1.54, 1.807) is 36.2 Å². The van der Waals surface area contributed by atoms with E-state index in [4.69, 9.17) is 0 Å². The Morgan fingerprint density at radius 2 is 2.23 bits per heavy atom. The molecular weight excluding hydrogens is 298 g/mol. The molecule has 1 aliphatic heterocycles. The number of amides is 2. The average molecular weight is 315 g/mol. The number of hydrogen-bond acceptors (Lipinski definition) is 4. The molecule has 0 saturated carbocycles. The molecule has 2 heterocycles. The van der Waals surface area contributed by atoms with Gasteiger partial charge in [-0.2, -0.15) is 0 Å². The second-order valence-corrected chi connectivity index (χ2v) is 6.36. The van der Waals surface area contributed by atoms with E-state index >= 15 is 0 Å². The zero-order chi connectivity index (χ0) is 15.7. The van der Waals surface area contributed by atoms with Crippen LogP contribution in [0.5, 0.6) is 0 Å². The van der Waals surface area contributed by atoms with Gasteiger partial charge in [0.1, 0.15) is 5.01 Å². The van der Waals surface area contributed by atoms with E-state index in [9.17, 15) is 9.59 Å². The molecule has 5 nitrogen and oxygen atoms in total. The highest BCUT2D eigenvalue weighted by molar-refractivity contribution is 7.09. The van der Waals surface area contributed by atoms with Gasteiger partial charge in [0.2, 0.25) is 5.91 Å². The number of aromatic nitrogens is 1. The number of anilines is 1. The van der Waals surface area contributed by atoms with Crippen molar-refractivity contribution in [3.8, 4) is 0 Å². The minimum absolute atomic E-state index is 0.0300. The Hall–Kier alpha value is -2.21. The maximum absolute atomic E-state index is 12.5. The van der Waals surface area contributed by atoms with Crippen LogP contribution < -0.4 is 4.90 Å². The van der Waals surface area contributed by atoms with Crippen molar-refractivity contribution in [2.75, 3.05) is 19.0 Å². The Morgan fingerprint density at radius 3 is 2.95 bits per heavy atom. The smallest absolute Gasteiger partial charge is 0.253 e. The third kappa shape index (κ3) is 2.74. The van der Waals surface area contributed by atoms with Crippen molar-refractivity contribution < 1.29 is 9.59 Å². The molecule has 0 saturated heterocycles. The number of benzene rings is 1. The first-order valence-electron chi connectivity index (χ1n) is 7.09. The second-order valence-electron chi connectivity index (χ2n) is 5.38. The molecule has 2 aromatic rings. The number of hydrogen-bond donors (Lipinski definition) is 0. The summed E-state index contributed by atoms with van der Waals surface area (Å²) in [5, 5.41) is 2.82. The summed E-state index contributed by atoms with van der Waals surface area (Å²) < 4.78 is 0. The van der Waals surface area contributed by atoms with Gasteiger partial charge in [0.25, 0.3) is 5.91 Å². The predicted octanol–water partition coefficient (Wildman–Crippen LogP) is 2.32. The van der Waals surface area contributed by atoms with Gasteiger partial charge in [0.05, 0.1) is 6.54 Å². The monoisotopic (exact) mass is 315 g/mol. The Labute approximate surface area is 133 Å². The molecule has 0 fully saturated rings. The average Bonchev–Trinajstić information content (AvgIpc) is 3.03. The molecule has 22 heavy (non-hydrogen) atoms. The number of fused-ring (bicyclic) bond motifs is 1. The highest BCUT2D eigenvalue weighted by Crippen LogP contribution is 2.28. The minimum Gasteiger partial charge on any atom is -0.335 e. The van der Waals surface area contributed by atoms with E-state index in [-0.39, 0.29) is 11.8 Å². The van der Waals surface area contributed by atoms with Gasteiger partial charge in [0, 0.05) is 43.3 Å². The molecule has 1 aromatic heterocycles. The minimum atomic E-state index is -0.0300. The summed E-state index contributed by atoms with van der Waals surface area (Å²) in [7, 11) is 3.55. The normalized spacial score (nSPS) is 13.9. The third-order valence-electron chi connectivity index (χ3n) is 3.87. The molecule has 0 bridgehead atoms. The van der Waals surface area contributed by atoms with Crippen LogP contribution in [0.3, 0.4) is 0 Å². The third-order valence-corrected chi connectivity index (χ3v) is 4.64. The van der Waals surface area contributed by atoms with E-state index in [2.05, 4.69) is 4.98 Å². The highest BCUT2D eigenvalue weighted by atomic mass is 32.1. The first-order valence-corrected chi connectivity index (χ1v) is 7.97. The number of carbonyl (C=O) groups excluding carboxylic acids is 2. The number of carbonyl (C=O) groups is 2. The van der Waals surface area contributed by atoms with Crippen LogP contribution in [0.2, 0.25) is 0 Å². The lowest BCUT2D eigenvalue weighted by atomic mass is 9.99. The van der Waals surface area contributed by atoms with Crippen molar-refractivity contribution in [3.63, 3.8) is 0 Å². The van der Waals surface area contributed by atoms with Gasteiger partial charge in [-0.3, -0.25) is 9.59 Å². The van der Waals surface area contributed by atoms with Gasteiger partial charge in [-0.15, -0.1) is 11.3 Å². The molecule has 0 atom stereocenters. The maximum atomic E-state index is 12.5. The Bertz CT molecular complexity index is 712. The van der Waals surface area contributed by atoms with Gasteiger partial charge < -0.3 is 9.80 Å². The van der Waals surface area contributed by atoms with Crippen molar-refractivity contribution in [1.82, 2.24) is 9.88 Å². The largest absolute Gasteiger partial charge is 0.335 e. The summed E-state index contributed by atoms with van der Waals surface area (Å²) in [6.07, 6.45) is 2.93. The molecule has 1 aromatic carbocycles. The van der Waals surface area contributed by atoms with Crippen LogP contribution >= 0.6 is 11.3 Å². The van der Waals surface area contributed by atoms with Crippen molar-refractivity contribution in [2.45, 2.75) is 19.4 Å². The van der Waals surface area contributed by atoms with Crippen molar-refractivity contribution in [2.24, 2.45) is 0 Å². The molecule has 2 amide bonds. The van der Waals surface area contributed by atoms with Gasteiger partial charge >= 0.3 is 0 Å². The van der Waals surface area contributed by atoms with Crippen LogP contribution in [0.1, 0.15) is 27.3 Å². The lowest BCUT2D eigenvalue weighted by Gasteiger charge is -2.26. The molecule has 1 aliphatic rings. The van der Waals surface area contributed by atoms with Crippen molar-refractivity contribution in [3.05, 3.63) is 45.9 Å². The fraction of sp³-hybridized carbons (Fsp3) is 0.312. The zero-order valence-electron chi connectivity index (χ0n) is 12.6. The molecule has 0 aliphatic carbocycles. The number of thiazole rings is 1. The van der Waals surface area contributed by atoms with E-state index in [1.807, 2.05) is 17.5 Å². The fourth-order valence-electron chi connectivity index (χ4n) is 2.62. The SMILES string of the molecule is CN(Cc1nccs1)C(=O)c1ccc2c(c1)CCC(=O)N2C. The van der Waals surface area contributed by atoms with Gasteiger partial charge in [-0.25, -0.2) is 4.98 Å². The summed E-state index contributed by atoms with van der Waals surface area (Å²) >= 11 is 1.54. The van der Waals surface area contributed by atoms with Crippen LogP contribution in [0.4, 0.5) is 5.69 Å². The molecule has 114 valence electrons. The molecule has 3 rings (SSSR count). The number of rotatable bonds is 3. The molecular formula is C16H17N3O2S. The zero-order valence-corrected chi connectivity index (χ0v) is 13.4. The molecule has 0 spiro atoms. The first-order chi connectivity index (χ1) is 10.6. The Morgan fingerprint density at radius 1 is 1.41 bits per heavy atom. The van der Waals surface area contributed by atoms with E-state index in [0.29, 0.717) is 24.9 Å². The summed E-state index contributed by atoms with van der Waals surface area (Å²) in [5.74, 6) is 0.0880. The Kier molecular flexibility index (Phi) is 3.94. The van der Waals surface area contributed by atoms with Gasteiger partial charge in [-0.05, 0) is 30.2 Å². The predicted molar refractivity (Wildman–Crippen MR) is 86.1 cm³/mol. The first kappa shape index (κ1) is 14.7. The summed E-state index contributed by atoms with van der Waals surface area (Å²) in [6, 6.07) is 5.55. The lowest BCUT2D eigenvalue weighted by Crippen LogP contribution is -2.31. The molecule has 0 N–H and O–H groups in total. The standard InChI is InChI=1S/C16H17N3O2S/c1-18(10-14-17-7-8-22-14)16(21)12-3-5-13-11(9-12)4-6-15(20)19(13)2/h3,5,7-9H,4,6,10H2,1-2H3. The lowest BCUT2D eigenvalue weighted by molar-refractivity contribution is -0.118. The molecule has 6 heteroatoms. The summed E-state index contributed by atoms with van der Waals surface area (Å²) in [4.78, 5) is 31.8. The van der Waals surface area contributed by atoms with E-state index in [0.717, 1.165) is 16.3 Å². The maximum Gasteiger partial charge on any atom is 0.253 e. The van der Waals surface area contributed by atoms with Crippen LogP contribution in [0.15, 0.2) is 29.8 Å². The summed E-state index contributed by atoms with van der Waals surface area (Å²) in [5.41, 5.74) is 2.60. The summed E-state index contributed by atoms with van der Waals surface area (Å²) in [6.45, 7) is 0.506. The topological polar surface area (TPSA) is 53.5 Å². The Balaban J connectivity index is 1.80. The van der Waals surface area contributed by atoms with Crippen molar-refractivity contribution in [1.29, 1.82) is 0 Å². The highest BCUT2D eigenvalue weighted by Gasteiger charge is 2.22. The van der Waals surface area contributed by atoms with Gasteiger partial charge in [0.15, 0.2) is 0 Å². The second kappa shape index (κ2) is 5.88. The van der Waals surface area contributed by atoms with Crippen LogP contribution in [0, 0.1) is 0 Å².